The van der Waals surface area contributed by atoms with E-state index in [1.807, 2.05) is 24.3 Å². The van der Waals surface area contributed by atoms with Crippen molar-refractivity contribution in [1.82, 2.24) is 5.32 Å². The molecule has 0 saturated heterocycles. The summed E-state index contributed by atoms with van der Waals surface area (Å²) in [5, 5.41) is 2.98. The van der Waals surface area contributed by atoms with Gasteiger partial charge in [-0.1, -0.05) is 38.1 Å². The Morgan fingerprint density at radius 2 is 1.94 bits per heavy atom. The highest BCUT2D eigenvalue weighted by atomic mass is 16.1. The molecule has 1 fully saturated rings. The molecule has 0 unspecified atom stereocenters. The van der Waals surface area contributed by atoms with Gasteiger partial charge in [0.1, 0.15) is 0 Å². The van der Waals surface area contributed by atoms with Gasteiger partial charge in [0.25, 0.3) is 5.91 Å². The maximum atomic E-state index is 11.7. The molecule has 0 atom stereocenters. The first-order valence-electron chi connectivity index (χ1n) is 6.24. The number of carbonyl (C=O) groups excluding carboxylic acids is 1. The first-order valence-corrected chi connectivity index (χ1v) is 6.24. The number of rotatable bonds is 4. The van der Waals surface area contributed by atoms with E-state index >= 15 is 0 Å². The predicted molar refractivity (Wildman–Crippen MR) is 70.8 cm³/mol. The highest BCUT2D eigenvalue weighted by molar-refractivity contribution is 5.94. The molecule has 0 bridgehead atoms. The molecule has 90 valence electrons. The van der Waals surface area contributed by atoms with Crippen molar-refractivity contribution in [2.45, 2.75) is 32.7 Å². The monoisotopic (exact) mass is 229 g/mol. The highest BCUT2D eigenvalue weighted by Gasteiger charge is 2.23. The Bertz CT molecular complexity index is 413. The SMILES string of the molecule is CC(C)C=Cc1ccc(C(=O)NC2CC2)cc1. The molecule has 0 aliphatic heterocycles. The quantitative estimate of drug-likeness (QED) is 0.843. The van der Waals surface area contributed by atoms with Crippen LogP contribution in [0.1, 0.15) is 42.6 Å². The van der Waals surface area contributed by atoms with E-state index in [-0.39, 0.29) is 5.91 Å². The van der Waals surface area contributed by atoms with Crippen LogP contribution in [0.2, 0.25) is 0 Å². The minimum atomic E-state index is 0.0480. The van der Waals surface area contributed by atoms with Crippen molar-refractivity contribution in [2.75, 3.05) is 0 Å². The number of amides is 1. The van der Waals surface area contributed by atoms with Crippen LogP contribution in [-0.4, -0.2) is 11.9 Å². The summed E-state index contributed by atoms with van der Waals surface area (Å²) in [4.78, 5) is 11.7. The van der Waals surface area contributed by atoms with Crippen LogP contribution in [-0.2, 0) is 0 Å². The van der Waals surface area contributed by atoms with E-state index in [0.717, 1.165) is 24.0 Å². The van der Waals surface area contributed by atoms with E-state index in [0.29, 0.717) is 12.0 Å². The number of hydrogen-bond acceptors (Lipinski definition) is 1. The van der Waals surface area contributed by atoms with E-state index in [4.69, 9.17) is 0 Å². The Balaban J connectivity index is 1.99. The summed E-state index contributed by atoms with van der Waals surface area (Å²) < 4.78 is 0. The minimum absolute atomic E-state index is 0.0480. The lowest BCUT2D eigenvalue weighted by atomic mass is 10.1. The average Bonchev–Trinajstić information content (AvgIpc) is 3.11. The zero-order valence-electron chi connectivity index (χ0n) is 10.4. The van der Waals surface area contributed by atoms with Crippen molar-refractivity contribution in [3.05, 3.63) is 41.5 Å². The number of carbonyl (C=O) groups is 1. The summed E-state index contributed by atoms with van der Waals surface area (Å²) in [6.07, 6.45) is 6.49. The topological polar surface area (TPSA) is 29.1 Å². The first kappa shape index (κ1) is 11.9. The molecule has 2 heteroatoms. The maximum Gasteiger partial charge on any atom is 0.251 e. The van der Waals surface area contributed by atoms with Gasteiger partial charge in [0.05, 0.1) is 0 Å². The van der Waals surface area contributed by atoms with Gasteiger partial charge in [-0.05, 0) is 36.5 Å². The fourth-order valence-corrected chi connectivity index (χ4v) is 1.55. The smallest absolute Gasteiger partial charge is 0.251 e. The fraction of sp³-hybridized carbons (Fsp3) is 0.400. The molecule has 2 nitrogen and oxygen atoms in total. The Kier molecular flexibility index (Phi) is 3.62. The largest absolute Gasteiger partial charge is 0.349 e. The highest BCUT2D eigenvalue weighted by Crippen LogP contribution is 2.19. The molecule has 1 aliphatic carbocycles. The zero-order chi connectivity index (χ0) is 12.3. The third kappa shape index (κ3) is 3.74. The van der Waals surface area contributed by atoms with Crippen LogP contribution in [0.5, 0.6) is 0 Å². The lowest BCUT2D eigenvalue weighted by Crippen LogP contribution is -2.25. The third-order valence-corrected chi connectivity index (χ3v) is 2.76. The summed E-state index contributed by atoms with van der Waals surface area (Å²) in [5.41, 5.74) is 1.89. The molecular formula is C15H19NO. The summed E-state index contributed by atoms with van der Waals surface area (Å²) in [6, 6.07) is 8.17. The molecule has 0 aromatic heterocycles. The second kappa shape index (κ2) is 5.17. The van der Waals surface area contributed by atoms with Crippen LogP contribution >= 0.6 is 0 Å². The lowest BCUT2D eigenvalue weighted by Gasteiger charge is -2.03. The number of nitrogens with one attached hydrogen (secondary N) is 1. The molecule has 1 N–H and O–H groups in total. The van der Waals surface area contributed by atoms with Crippen molar-refractivity contribution in [1.29, 1.82) is 0 Å². The summed E-state index contributed by atoms with van der Waals surface area (Å²) in [7, 11) is 0. The van der Waals surface area contributed by atoms with Gasteiger partial charge in [-0.3, -0.25) is 4.79 Å². The van der Waals surface area contributed by atoms with Gasteiger partial charge in [0, 0.05) is 11.6 Å². The van der Waals surface area contributed by atoms with Gasteiger partial charge in [-0.25, -0.2) is 0 Å². The van der Waals surface area contributed by atoms with Crippen LogP contribution in [0.4, 0.5) is 0 Å². The van der Waals surface area contributed by atoms with Gasteiger partial charge in [0.15, 0.2) is 0 Å². The van der Waals surface area contributed by atoms with Gasteiger partial charge in [0.2, 0.25) is 0 Å². The van der Waals surface area contributed by atoms with Crippen molar-refractivity contribution >= 4 is 12.0 Å². The molecule has 1 aromatic rings. The first-order chi connectivity index (χ1) is 8.15. The second-order valence-corrected chi connectivity index (χ2v) is 4.97. The standard InChI is InChI=1S/C15H19NO/c1-11(2)3-4-12-5-7-13(8-6-12)15(17)16-14-9-10-14/h3-8,11,14H,9-10H2,1-2H3,(H,16,17). The Hall–Kier alpha value is -1.57. The molecule has 1 aliphatic rings. The van der Waals surface area contributed by atoms with Gasteiger partial charge >= 0.3 is 0 Å². The molecule has 1 amide bonds. The van der Waals surface area contributed by atoms with Crippen LogP contribution < -0.4 is 5.32 Å². The summed E-state index contributed by atoms with van der Waals surface area (Å²) in [5.74, 6) is 0.597. The second-order valence-electron chi connectivity index (χ2n) is 4.97. The molecule has 0 spiro atoms. The number of benzene rings is 1. The van der Waals surface area contributed by atoms with Crippen LogP contribution in [0.15, 0.2) is 30.3 Å². The molecule has 0 radical (unpaired) electrons. The minimum Gasteiger partial charge on any atom is -0.349 e. The van der Waals surface area contributed by atoms with Gasteiger partial charge in [-0.2, -0.15) is 0 Å². The van der Waals surface area contributed by atoms with E-state index in [9.17, 15) is 4.79 Å². The molecule has 17 heavy (non-hydrogen) atoms. The Morgan fingerprint density at radius 1 is 1.29 bits per heavy atom. The van der Waals surface area contributed by atoms with E-state index < -0.39 is 0 Å². The third-order valence-electron chi connectivity index (χ3n) is 2.76. The fourth-order valence-electron chi connectivity index (χ4n) is 1.55. The van der Waals surface area contributed by atoms with Crippen LogP contribution in [0.3, 0.4) is 0 Å². The van der Waals surface area contributed by atoms with Crippen LogP contribution in [0.25, 0.3) is 6.08 Å². The van der Waals surface area contributed by atoms with Gasteiger partial charge in [-0.15, -0.1) is 0 Å². The lowest BCUT2D eigenvalue weighted by molar-refractivity contribution is 0.0951. The Morgan fingerprint density at radius 3 is 2.47 bits per heavy atom. The number of allylic oxidation sites excluding steroid dienone is 1. The van der Waals surface area contributed by atoms with Crippen molar-refractivity contribution < 1.29 is 4.79 Å². The van der Waals surface area contributed by atoms with E-state index in [1.165, 1.54) is 0 Å². The van der Waals surface area contributed by atoms with E-state index in [1.54, 1.807) is 0 Å². The molecule has 1 saturated carbocycles. The molecule has 2 rings (SSSR count). The average molecular weight is 229 g/mol. The van der Waals surface area contributed by atoms with Crippen LogP contribution in [0, 0.1) is 5.92 Å². The molecule has 1 aromatic carbocycles. The van der Waals surface area contributed by atoms with Gasteiger partial charge < -0.3 is 5.32 Å². The normalized spacial score (nSPS) is 15.5. The van der Waals surface area contributed by atoms with Crippen molar-refractivity contribution in [3.63, 3.8) is 0 Å². The molecule has 0 heterocycles. The summed E-state index contributed by atoms with van der Waals surface area (Å²) >= 11 is 0. The predicted octanol–water partition coefficient (Wildman–Crippen LogP) is 3.25. The van der Waals surface area contributed by atoms with Crippen molar-refractivity contribution in [3.8, 4) is 0 Å². The number of hydrogen-bond donors (Lipinski definition) is 1. The maximum absolute atomic E-state index is 11.7. The zero-order valence-corrected chi connectivity index (χ0v) is 10.4. The van der Waals surface area contributed by atoms with Crippen molar-refractivity contribution in [2.24, 2.45) is 5.92 Å². The Labute approximate surface area is 103 Å². The van der Waals surface area contributed by atoms with E-state index in [2.05, 4.69) is 31.3 Å². The summed E-state index contributed by atoms with van der Waals surface area (Å²) in [6.45, 7) is 4.29. The molecular weight excluding hydrogens is 210 g/mol.